The van der Waals surface area contributed by atoms with Gasteiger partial charge in [0.2, 0.25) is 5.88 Å². The van der Waals surface area contributed by atoms with Gasteiger partial charge < -0.3 is 10.1 Å². The predicted molar refractivity (Wildman–Crippen MR) is 90.8 cm³/mol. The molecule has 0 aliphatic heterocycles. The number of rotatable bonds is 4. The summed E-state index contributed by atoms with van der Waals surface area (Å²) in [6.45, 7) is 0. The first-order valence-corrected chi connectivity index (χ1v) is 8.39. The molecule has 0 saturated heterocycles. The van der Waals surface area contributed by atoms with Gasteiger partial charge in [-0.15, -0.1) is 0 Å². The first-order valence-electron chi connectivity index (χ1n) is 8.39. The lowest BCUT2D eigenvalue weighted by atomic mass is 9.96. The molecule has 0 aromatic carbocycles. The van der Waals surface area contributed by atoms with Gasteiger partial charge in [-0.05, 0) is 24.8 Å². The van der Waals surface area contributed by atoms with Gasteiger partial charge >= 0.3 is 0 Å². The Hall–Kier alpha value is -3.08. The number of nitrogens with one attached hydrogen (secondary N) is 2. The molecule has 1 fully saturated rings. The van der Waals surface area contributed by atoms with Crippen LogP contribution in [0.1, 0.15) is 38.1 Å². The molecule has 1 saturated carbocycles. The molecular formula is C17H18N6O2. The molecule has 3 aromatic heterocycles. The van der Waals surface area contributed by atoms with E-state index in [1.54, 1.807) is 12.3 Å². The lowest BCUT2D eigenvalue weighted by molar-refractivity contribution is 0.277. The van der Waals surface area contributed by atoms with E-state index in [4.69, 9.17) is 0 Å². The minimum Gasteiger partial charge on any atom is -0.493 e. The second-order valence-electron chi connectivity index (χ2n) is 6.45. The molecule has 8 heteroatoms. The average molecular weight is 338 g/mol. The Morgan fingerprint density at radius 3 is 2.96 bits per heavy atom. The van der Waals surface area contributed by atoms with E-state index in [2.05, 4.69) is 26.1 Å². The number of nitrogens with zero attached hydrogens (tertiary/aromatic N) is 4. The summed E-state index contributed by atoms with van der Waals surface area (Å²) >= 11 is 0. The maximum Gasteiger partial charge on any atom is 0.277 e. The van der Waals surface area contributed by atoms with Crippen LogP contribution in [0.4, 0.5) is 0 Å². The van der Waals surface area contributed by atoms with Crippen LogP contribution in [0.15, 0.2) is 23.4 Å². The molecular weight excluding hydrogens is 320 g/mol. The Morgan fingerprint density at radius 1 is 1.40 bits per heavy atom. The molecule has 1 aliphatic rings. The van der Waals surface area contributed by atoms with Crippen molar-refractivity contribution in [3.05, 3.63) is 28.9 Å². The van der Waals surface area contributed by atoms with Crippen molar-refractivity contribution >= 4 is 11.0 Å². The molecule has 3 N–H and O–H groups in total. The van der Waals surface area contributed by atoms with Crippen LogP contribution in [0, 0.1) is 17.2 Å². The van der Waals surface area contributed by atoms with Crippen molar-refractivity contribution < 1.29 is 5.11 Å². The molecule has 1 atom stereocenters. The molecule has 3 heterocycles. The Labute approximate surface area is 143 Å². The van der Waals surface area contributed by atoms with Crippen molar-refractivity contribution in [2.45, 2.75) is 38.1 Å². The van der Waals surface area contributed by atoms with Gasteiger partial charge in [0.25, 0.3) is 5.56 Å². The molecule has 0 radical (unpaired) electrons. The summed E-state index contributed by atoms with van der Waals surface area (Å²) in [6.07, 6.45) is 7.53. The maximum atomic E-state index is 12.6. The summed E-state index contributed by atoms with van der Waals surface area (Å²) in [6, 6.07) is 3.71. The summed E-state index contributed by atoms with van der Waals surface area (Å²) in [7, 11) is 0. The fraction of sp³-hybridized carbons (Fsp3) is 0.412. The first kappa shape index (κ1) is 15.4. The third-order valence-corrected chi connectivity index (χ3v) is 5.07. The van der Waals surface area contributed by atoms with E-state index in [1.165, 1.54) is 11.0 Å². The van der Waals surface area contributed by atoms with Crippen LogP contribution in [0.3, 0.4) is 0 Å². The zero-order valence-electron chi connectivity index (χ0n) is 13.6. The number of aromatic hydroxyl groups is 1. The van der Waals surface area contributed by atoms with Crippen molar-refractivity contribution in [3.63, 3.8) is 0 Å². The van der Waals surface area contributed by atoms with Crippen LogP contribution < -0.4 is 5.56 Å². The third kappa shape index (κ3) is 2.48. The number of aromatic nitrogens is 5. The standard InChI is InChI=1S/C17H18N6O2/c18-7-5-12(10-3-1-2-4-10)23-17(25)13(16(24)22-23)14-11-6-8-19-15(11)21-9-20-14/h6,8-10,12,25H,1-5H2,(H,22,24)(H,19,20,21). The molecule has 25 heavy (non-hydrogen) atoms. The van der Waals surface area contributed by atoms with Crippen LogP contribution in [0.2, 0.25) is 0 Å². The number of hydrogen-bond donors (Lipinski definition) is 3. The predicted octanol–water partition coefficient (Wildman–Crippen LogP) is 2.47. The van der Waals surface area contributed by atoms with E-state index in [9.17, 15) is 15.2 Å². The van der Waals surface area contributed by atoms with Crippen molar-refractivity contribution in [3.8, 4) is 23.2 Å². The summed E-state index contributed by atoms with van der Waals surface area (Å²) in [5, 5.41) is 23.3. The van der Waals surface area contributed by atoms with Crippen molar-refractivity contribution in [1.82, 2.24) is 24.7 Å². The largest absolute Gasteiger partial charge is 0.493 e. The molecule has 128 valence electrons. The zero-order chi connectivity index (χ0) is 17.4. The first-order chi connectivity index (χ1) is 12.2. The number of nitriles is 1. The fourth-order valence-electron chi connectivity index (χ4n) is 3.87. The van der Waals surface area contributed by atoms with E-state index in [-0.39, 0.29) is 29.8 Å². The molecule has 0 spiro atoms. The van der Waals surface area contributed by atoms with Gasteiger partial charge in [0.15, 0.2) is 0 Å². The highest BCUT2D eigenvalue weighted by atomic mass is 16.3. The van der Waals surface area contributed by atoms with Crippen molar-refractivity contribution in [1.29, 1.82) is 5.26 Å². The number of aromatic amines is 2. The Bertz CT molecular complexity index is 1000. The Morgan fingerprint density at radius 2 is 2.20 bits per heavy atom. The second-order valence-corrected chi connectivity index (χ2v) is 6.45. The highest BCUT2D eigenvalue weighted by molar-refractivity contribution is 5.91. The molecule has 8 nitrogen and oxygen atoms in total. The second kappa shape index (κ2) is 6.09. The van der Waals surface area contributed by atoms with E-state index >= 15 is 0 Å². The van der Waals surface area contributed by atoms with E-state index in [1.807, 2.05) is 0 Å². The van der Waals surface area contributed by atoms with Crippen LogP contribution >= 0.6 is 0 Å². The van der Waals surface area contributed by atoms with Crippen LogP contribution in [0.5, 0.6) is 5.88 Å². The van der Waals surface area contributed by atoms with Gasteiger partial charge in [0.1, 0.15) is 17.5 Å². The maximum absolute atomic E-state index is 12.6. The smallest absolute Gasteiger partial charge is 0.277 e. The number of H-pyrrole nitrogens is 2. The fourth-order valence-corrected chi connectivity index (χ4v) is 3.87. The number of fused-ring (bicyclic) bond motifs is 1. The number of hydrogen-bond acceptors (Lipinski definition) is 5. The van der Waals surface area contributed by atoms with Gasteiger partial charge in [-0.2, -0.15) is 5.26 Å². The molecule has 4 rings (SSSR count). The SMILES string of the molecule is N#CCC(C1CCCC1)n1[nH]c(=O)c(-c2ncnc3[nH]ccc23)c1O. The minimum absolute atomic E-state index is 0.118. The van der Waals surface area contributed by atoms with Gasteiger partial charge in [0.05, 0.1) is 24.2 Å². The topological polar surface area (TPSA) is 123 Å². The van der Waals surface area contributed by atoms with Gasteiger partial charge in [0, 0.05) is 11.6 Å². The van der Waals surface area contributed by atoms with Gasteiger partial charge in [-0.25, -0.2) is 14.6 Å². The summed E-state index contributed by atoms with van der Waals surface area (Å²) in [4.78, 5) is 23.8. The van der Waals surface area contributed by atoms with Crippen molar-refractivity contribution in [2.24, 2.45) is 5.92 Å². The Balaban J connectivity index is 1.85. The van der Waals surface area contributed by atoms with Gasteiger partial charge in [-0.1, -0.05) is 12.8 Å². The molecule has 0 amide bonds. The summed E-state index contributed by atoms with van der Waals surface area (Å²) in [5.74, 6) is 0.109. The molecule has 1 aliphatic carbocycles. The van der Waals surface area contributed by atoms with E-state index in [0.29, 0.717) is 16.7 Å². The van der Waals surface area contributed by atoms with Crippen molar-refractivity contribution in [2.75, 3.05) is 0 Å². The lowest BCUT2D eigenvalue weighted by Crippen LogP contribution is -2.19. The third-order valence-electron chi connectivity index (χ3n) is 5.07. The van der Waals surface area contributed by atoms with E-state index in [0.717, 1.165) is 25.7 Å². The molecule has 0 bridgehead atoms. The summed E-state index contributed by atoms with van der Waals surface area (Å²) in [5.41, 5.74) is 0.680. The summed E-state index contributed by atoms with van der Waals surface area (Å²) < 4.78 is 1.46. The molecule has 1 unspecified atom stereocenters. The molecule has 3 aromatic rings. The zero-order valence-corrected chi connectivity index (χ0v) is 13.6. The lowest BCUT2D eigenvalue weighted by Gasteiger charge is -2.22. The normalized spacial score (nSPS) is 16.3. The highest BCUT2D eigenvalue weighted by Crippen LogP contribution is 2.39. The van der Waals surface area contributed by atoms with Crippen LogP contribution in [-0.2, 0) is 0 Å². The van der Waals surface area contributed by atoms with E-state index < -0.39 is 5.56 Å². The monoisotopic (exact) mass is 338 g/mol. The van der Waals surface area contributed by atoms with Gasteiger partial charge in [-0.3, -0.25) is 9.89 Å². The quantitative estimate of drug-likeness (QED) is 0.674. The highest BCUT2D eigenvalue weighted by Gasteiger charge is 2.31. The van der Waals surface area contributed by atoms with Crippen LogP contribution in [0.25, 0.3) is 22.3 Å². The van der Waals surface area contributed by atoms with Crippen LogP contribution in [-0.4, -0.2) is 29.8 Å². The minimum atomic E-state index is -0.417. The Kier molecular flexibility index (Phi) is 3.76. The average Bonchev–Trinajstić information content (AvgIpc) is 3.33.